The molecule has 118 valence electrons. The van der Waals surface area contributed by atoms with Crippen molar-refractivity contribution in [2.45, 2.75) is 33.4 Å². The molecule has 3 heterocycles. The Balaban J connectivity index is 1.47. The van der Waals surface area contributed by atoms with Crippen LogP contribution in [0.25, 0.3) is 10.9 Å². The lowest BCUT2D eigenvalue weighted by molar-refractivity contribution is 0.0866. The van der Waals surface area contributed by atoms with Crippen LogP contribution < -0.4 is 0 Å². The van der Waals surface area contributed by atoms with Gasteiger partial charge in [0, 0.05) is 29.9 Å². The van der Waals surface area contributed by atoms with Gasteiger partial charge in [0.25, 0.3) is 0 Å². The molecule has 0 spiro atoms. The molecule has 0 bridgehead atoms. The first-order chi connectivity index (χ1) is 11.1. The lowest BCUT2D eigenvalue weighted by Crippen LogP contribution is -2.47. The molecule has 0 aliphatic carbocycles. The topological polar surface area (TPSA) is 46.8 Å². The minimum atomic E-state index is 0.477. The van der Waals surface area contributed by atoms with Crippen LogP contribution in [0.15, 0.2) is 30.3 Å². The number of hydrogen-bond donors (Lipinski definition) is 0. The molecular formula is C18H21N5. The maximum absolute atomic E-state index is 4.70. The zero-order valence-corrected chi connectivity index (χ0v) is 13.8. The summed E-state index contributed by atoms with van der Waals surface area (Å²) in [6.07, 6.45) is 0. The summed E-state index contributed by atoms with van der Waals surface area (Å²) >= 11 is 0. The highest BCUT2D eigenvalue weighted by Gasteiger charge is 2.30. The highest BCUT2D eigenvalue weighted by atomic mass is 15.4. The molecular weight excluding hydrogens is 286 g/mol. The lowest BCUT2D eigenvalue weighted by Gasteiger charge is -2.39. The molecule has 5 heteroatoms. The SMILES string of the molecule is Cc1cc(C)n(C2CN(Cc3nc(C)c4ccccc4n3)C2)n1. The minimum absolute atomic E-state index is 0.477. The van der Waals surface area contributed by atoms with Gasteiger partial charge in [-0.25, -0.2) is 9.97 Å². The summed E-state index contributed by atoms with van der Waals surface area (Å²) < 4.78 is 2.15. The molecule has 0 amide bonds. The second-order valence-corrected chi connectivity index (χ2v) is 6.46. The Hall–Kier alpha value is -2.27. The van der Waals surface area contributed by atoms with E-state index in [9.17, 15) is 0 Å². The van der Waals surface area contributed by atoms with Crippen LogP contribution in [0.1, 0.15) is 28.9 Å². The van der Waals surface area contributed by atoms with Gasteiger partial charge in [-0.3, -0.25) is 9.58 Å². The molecule has 0 radical (unpaired) electrons. The van der Waals surface area contributed by atoms with Crippen LogP contribution in [-0.2, 0) is 6.54 Å². The molecule has 1 aliphatic rings. The lowest BCUT2D eigenvalue weighted by atomic mass is 10.1. The van der Waals surface area contributed by atoms with Crippen LogP contribution in [0, 0.1) is 20.8 Å². The molecule has 1 fully saturated rings. The number of rotatable bonds is 3. The Morgan fingerprint density at radius 2 is 1.87 bits per heavy atom. The predicted molar refractivity (Wildman–Crippen MR) is 90.3 cm³/mol. The number of fused-ring (bicyclic) bond motifs is 1. The van der Waals surface area contributed by atoms with Crippen molar-refractivity contribution in [2.75, 3.05) is 13.1 Å². The summed E-state index contributed by atoms with van der Waals surface area (Å²) in [5.41, 5.74) is 4.42. The van der Waals surface area contributed by atoms with Crippen LogP contribution in [0.2, 0.25) is 0 Å². The largest absolute Gasteiger partial charge is 0.292 e. The average molecular weight is 307 g/mol. The third-order valence-electron chi connectivity index (χ3n) is 4.53. The van der Waals surface area contributed by atoms with Crippen molar-refractivity contribution in [2.24, 2.45) is 0 Å². The second-order valence-electron chi connectivity index (χ2n) is 6.46. The van der Waals surface area contributed by atoms with E-state index in [4.69, 9.17) is 4.98 Å². The van der Waals surface area contributed by atoms with Crippen molar-refractivity contribution in [1.82, 2.24) is 24.6 Å². The van der Waals surface area contributed by atoms with Crippen molar-refractivity contribution in [3.05, 3.63) is 53.2 Å². The number of para-hydroxylation sites is 1. The minimum Gasteiger partial charge on any atom is -0.292 e. The van der Waals surface area contributed by atoms with Gasteiger partial charge in [0.1, 0.15) is 5.82 Å². The maximum Gasteiger partial charge on any atom is 0.143 e. The molecule has 5 nitrogen and oxygen atoms in total. The molecule has 0 N–H and O–H groups in total. The van der Waals surface area contributed by atoms with Crippen molar-refractivity contribution in [1.29, 1.82) is 0 Å². The molecule has 1 aliphatic heterocycles. The summed E-state index contributed by atoms with van der Waals surface area (Å²) in [5.74, 6) is 0.910. The number of benzene rings is 1. The number of likely N-dealkylation sites (tertiary alicyclic amines) is 1. The van der Waals surface area contributed by atoms with E-state index in [0.717, 1.165) is 47.7 Å². The fourth-order valence-corrected chi connectivity index (χ4v) is 3.41. The Morgan fingerprint density at radius 1 is 1.09 bits per heavy atom. The standard InChI is InChI=1S/C18H21N5/c1-12-8-13(2)23(21-12)15-9-22(10-15)11-18-19-14(3)16-6-4-5-7-17(16)20-18/h4-8,15H,9-11H2,1-3H3. The molecule has 4 rings (SSSR count). The van der Waals surface area contributed by atoms with E-state index in [2.05, 4.69) is 51.7 Å². The first-order valence-electron chi connectivity index (χ1n) is 8.07. The van der Waals surface area contributed by atoms with Gasteiger partial charge >= 0.3 is 0 Å². The zero-order valence-electron chi connectivity index (χ0n) is 13.8. The summed E-state index contributed by atoms with van der Waals surface area (Å²) in [6.45, 7) is 9.06. The van der Waals surface area contributed by atoms with E-state index in [1.165, 1.54) is 5.69 Å². The highest BCUT2D eigenvalue weighted by molar-refractivity contribution is 5.80. The third-order valence-corrected chi connectivity index (χ3v) is 4.53. The van der Waals surface area contributed by atoms with Crippen molar-refractivity contribution >= 4 is 10.9 Å². The summed E-state index contributed by atoms with van der Waals surface area (Å²) in [4.78, 5) is 11.7. The van der Waals surface area contributed by atoms with Crippen LogP contribution in [0.4, 0.5) is 0 Å². The monoisotopic (exact) mass is 307 g/mol. The molecule has 0 saturated carbocycles. The van der Waals surface area contributed by atoms with Gasteiger partial charge in [-0.2, -0.15) is 5.10 Å². The summed E-state index contributed by atoms with van der Waals surface area (Å²) in [5, 5.41) is 5.73. The Kier molecular flexibility index (Phi) is 3.38. The van der Waals surface area contributed by atoms with E-state index < -0.39 is 0 Å². The number of nitrogens with zero attached hydrogens (tertiary/aromatic N) is 5. The maximum atomic E-state index is 4.70. The molecule has 1 saturated heterocycles. The molecule has 0 unspecified atom stereocenters. The summed E-state index contributed by atoms with van der Waals surface area (Å²) in [6, 6.07) is 10.8. The number of aryl methyl sites for hydroxylation is 3. The Bertz CT molecular complexity index is 861. The predicted octanol–water partition coefficient (Wildman–Crippen LogP) is 2.81. The first kappa shape index (κ1) is 14.3. The molecule has 23 heavy (non-hydrogen) atoms. The first-order valence-corrected chi connectivity index (χ1v) is 8.07. The second kappa shape index (κ2) is 5.42. The van der Waals surface area contributed by atoms with Crippen LogP contribution >= 0.6 is 0 Å². The van der Waals surface area contributed by atoms with Crippen molar-refractivity contribution in [3.8, 4) is 0 Å². The van der Waals surface area contributed by atoms with Crippen molar-refractivity contribution in [3.63, 3.8) is 0 Å². The van der Waals surface area contributed by atoms with Gasteiger partial charge in [-0.15, -0.1) is 0 Å². The van der Waals surface area contributed by atoms with Gasteiger partial charge in [-0.1, -0.05) is 18.2 Å². The molecule has 0 atom stereocenters. The quantitative estimate of drug-likeness (QED) is 0.746. The van der Waals surface area contributed by atoms with Gasteiger partial charge in [0.2, 0.25) is 0 Å². The van der Waals surface area contributed by atoms with Gasteiger partial charge in [-0.05, 0) is 32.9 Å². The van der Waals surface area contributed by atoms with Gasteiger partial charge in [0.15, 0.2) is 0 Å². The summed E-state index contributed by atoms with van der Waals surface area (Å²) in [7, 11) is 0. The molecule has 3 aromatic rings. The van der Waals surface area contributed by atoms with E-state index in [-0.39, 0.29) is 0 Å². The number of aromatic nitrogens is 4. The van der Waals surface area contributed by atoms with E-state index in [1.807, 2.05) is 19.1 Å². The van der Waals surface area contributed by atoms with E-state index in [1.54, 1.807) is 0 Å². The Morgan fingerprint density at radius 3 is 2.61 bits per heavy atom. The van der Waals surface area contributed by atoms with E-state index >= 15 is 0 Å². The van der Waals surface area contributed by atoms with Crippen LogP contribution in [-0.4, -0.2) is 37.7 Å². The van der Waals surface area contributed by atoms with Crippen LogP contribution in [0.3, 0.4) is 0 Å². The Labute approximate surface area is 136 Å². The number of hydrogen-bond acceptors (Lipinski definition) is 4. The van der Waals surface area contributed by atoms with Crippen molar-refractivity contribution < 1.29 is 0 Å². The fraction of sp³-hybridized carbons (Fsp3) is 0.389. The van der Waals surface area contributed by atoms with Gasteiger partial charge < -0.3 is 0 Å². The molecule has 1 aromatic carbocycles. The third kappa shape index (κ3) is 2.61. The smallest absolute Gasteiger partial charge is 0.143 e. The highest BCUT2D eigenvalue weighted by Crippen LogP contribution is 2.24. The van der Waals surface area contributed by atoms with Gasteiger partial charge in [0.05, 0.1) is 23.8 Å². The fourth-order valence-electron chi connectivity index (χ4n) is 3.41. The molecule has 2 aromatic heterocycles. The zero-order chi connectivity index (χ0) is 16.0. The van der Waals surface area contributed by atoms with E-state index in [0.29, 0.717) is 6.04 Å². The average Bonchev–Trinajstić information content (AvgIpc) is 2.81. The van der Waals surface area contributed by atoms with Crippen LogP contribution in [0.5, 0.6) is 0 Å². The normalized spacial score (nSPS) is 16.0.